The number of hydrogen-bond acceptors (Lipinski definition) is 3. The maximum Gasteiger partial charge on any atom is 0.318 e. The minimum atomic E-state index is -0.0725. The Morgan fingerprint density at radius 3 is 2.89 bits per heavy atom. The first kappa shape index (κ1) is 19.3. The lowest BCUT2D eigenvalue weighted by molar-refractivity contribution is 0.0724. The number of aromatic nitrogens is 1. The fourth-order valence-corrected chi connectivity index (χ4v) is 4.57. The summed E-state index contributed by atoms with van der Waals surface area (Å²) in [5.41, 5.74) is 2.42. The molecule has 2 aromatic rings. The first-order valence-corrected chi connectivity index (χ1v) is 10.5. The molecule has 1 aliphatic carbocycles. The molecule has 2 heterocycles. The fraction of sp³-hybridized carbons (Fsp3) is 0.591. The maximum atomic E-state index is 13.2. The number of carbonyl (C=O) groups excluding carboxylic acids is 1. The van der Waals surface area contributed by atoms with Gasteiger partial charge in [-0.05, 0) is 30.9 Å². The molecule has 0 unspecified atom stereocenters. The Hall–Kier alpha value is -2.05. The normalized spacial score (nSPS) is 23.2. The predicted octanol–water partition coefficient (Wildman–Crippen LogP) is 3.47. The third-order valence-corrected chi connectivity index (χ3v) is 6.21. The number of para-hydroxylation sites is 1. The Morgan fingerprint density at radius 1 is 1.25 bits per heavy atom. The van der Waals surface area contributed by atoms with Gasteiger partial charge in [-0.3, -0.25) is 0 Å². The lowest BCUT2D eigenvalue weighted by Gasteiger charge is -2.35. The standard InChI is InChI=1S/C22H31N3O3/c1-27-21-15-28-14-20(21)24-22(26)25(17-7-3-2-4-8-17)12-11-16-13-23-19-10-6-5-9-18(16)19/h5-6,9-10,13,17,20-21,23H,2-4,7-8,11-12,14-15H2,1H3,(H,24,26)/t20-,21-/m0/s1. The molecule has 1 saturated carbocycles. The van der Waals surface area contributed by atoms with Gasteiger partial charge in [0, 0.05) is 36.8 Å². The summed E-state index contributed by atoms with van der Waals surface area (Å²) < 4.78 is 10.9. The number of H-pyrrole nitrogens is 1. The van der Waals surface area contributed by atoms with Gasteiger partial charge in [0.15, 0.2) is 0 Å². The SMILES string of the molecule is CO[C@H]1COC[C@@H]1NC(=O)N(CCc1c[nH]c2ccccc12)C1CCCCC1. The molecule has 1 aliphatic heterocycles. The van der Waals surface area contributed by atoms with E-state index in [1.807, 2.05) is 6.07 Å². The lowest BCUT2D eigenvalue weighted by atomic mass is 9.94. The number of nitrogens with one attached hydrogen (secondary N) is 2. The van der Waals surface area contributed by atoms with Crippen LogP contribution in [0.4, 0.5) is 4.79 Å². The predicted molar refractivity (Wildman–Crippen MR) is 110 cm³/mol. The number of ether oxygens (including phenoxy) is 2. The van der Waals surface area contributed by atoms with Crippen LogP contribution in [0.1, 0.15) is 37.7 Å². The van der Waals surface area contributed by atoms with Crippen molar-refractivity contribution in [3.8, 4) is 0 Å². The number of nitrogens with zero attached hydrogens (tertiary/aromatic N) is 1. The molecule has 0 bridgehead atoms. The molecule has 2 fully saturated rings. The number of fused-ring (bicyclic) bond motifs is 1. The minimum Gasteiger partial charge on any atom is -0.377 e. The van der Waals surface area contributed by atoms with Crippen LogP contribution < -0.4 is 5.32 Å². The average molecular weight is 386 g/mol. The van der Waals surface area contributed by atoms with E-state index in [2.05, 4.69) is 39.6 Å². The van der Waals surface area contributed by atoms with Crippen LogP contribution >= 0.6 is 0 Å². The number of rotatable bonds is 6. The highest BCUT2D eigenvalue weighted by atomic mass is 16.5. The number of hydrogen-bond donors (Lipinski definition) is 2. The fourth-order valence-electron chi connectivity index (χ4n) is 4.57. The van der Waals surface area contributed by atoms with Crippen LogP contribution in [0.2, 0.25) is 0 Å². The van der Waals surface area contributed by atoms with Crippen molar-refractivity contribution in [2.45, 2.75) is 56.7 Å². The third kappa shape index (κ3) is 4.18. The number of amides is 2. The van der Waals surface area contributed by atoms with Crippen LogP contribution in [0.3, 0.4) is 0 Å². The van der Waals surface area contributed by atoms with Gasteiger partial charge in [-0.2, -0.15) is 0 Å². The largest absolute Gasteiger partial charge is 0.377 e. The van der Waals surface area contributed by atoms with E-state index in [1.165, 1.54) is 30.2 Å². The number of benzene rings is 1. The highest BCUT2D eigenvalue weighted by molar-refractivity contribution is 5.83. The first-order chi connectivity index (χ1) is 13.8. The molecule has 1 aromatic carbocycles. The second-order valence-corrected chi connectivity index (χ2v) is 7.96. The van der Waals surface area contributed by atoms with Gasteiger partial charge >= 0.3 is 6.03 Å². The molecule has 0 radical (unpaired) electrons. The second kappa shape index (κ2) is 8.97. The van der Waals surface area contributed by atoms with Crippen molar-refractivity contribution >= 4 is 16.9 Å². The average Bonchev–Trinajstić information content (AvgIpc) is 3.35. The van der Waals surface area contributed by atoms with E-state index in [0.717, 1.165) is 31.3 Å². The van der Waals surface area contributed by atoms with Crippen LogP contribution in [0, 0.1) is 0 Å². The zero-order valence-electron chi connectivity index (χ0n) is 16.7. The van der Waals surface area contributed by atoms with E-state index in [-0.39, 0.29) is 18.2 Å². The molecule has 6 nitrogen and oxygen atoms in total. The van der Waals surface area contributed by atoms with E-state index >= 15 is 0 Å². The molecule has 152 valence electrons. The summed E-state index contributed by atoms with van der Waals surface area (Å²) >= 11 is 0. The summed E-state index contributed by atoms with van der Waals surface area (Å²) in [5.74, 6) is 0. The van der Waals surface area contributed by atoms with Crippen molar-refractivity contribution in [2.75, 3.05) is 26.9 Å². The number of urea groups is 1. The highest BCUT2D eigenvalue weighted by Crippen LogP contribution is 2.25. The number of aromatic amines is 1. The second-order valence-electron chi connectivity index (χ2n) is 7.96. The third-order valence-electron chi connectivity index (χ3n) is 6.21. The Bertz CT molecular complexity index is 784. The topological polar surface area (TPSA) is 66.6 Å². The van der Waals surface area contributed by atoms with Gasteiger partial charge in [0.25, 0.3) is 0 Å². The molecule has 2 N–H and O–H groups in total. The molecule has 4 rings (SSSR count). The summed E-state index contributed by atoms with van der Waals surface area (Å²) in [4.78, 5) is 18.6. The Labute approximate surface area is 166 Å². The Kier molecular flexibility index (Phi) is 6.17. The van der Waals surface area contributed by atoms with Crippen molar-refractivity contribution < 1.29 is 14.3 Å². The first-order valence-electron chi connectivity index (χ1n) is 10.5. The van der Waals surface area contributed by atoms with Gasteiger partial charge < -0.3 is 24.7 Å². The van der Waals surface area contributed by atoms with Crippen molar-refractivity contribution in [3.63, 3.8) is 0 Å². The van der Waals surface area contributed by atoms with Crippen molar-refractivity contribution in [1.29, 1.82) is 0 Å². The maximum absolute atomic E-state index is 13.2. The van der Waals surface area contributed by atoms with Crippen LogP contribution in [0.5, 0.6) is 0 Å². The monoisotopic (exact) mass is 385 g/mol. The van der Waals surface area contributed by atoms with Crippen molar-refractivity contribution in [2.24, 2.45) is 0 Å². The van der Waals surface area contributed by atoms with E-state index in [1.54, 1.807) is 7.11 Å². The van der Waals surface area contributed by atoms with Crippen LogP contribution in [-0.2, 0) is 15.9 Å². The molecule has 28 heavy (non-hydrogen) atoms. The molecule has 2 atom stereocenters. The molecule has 0 spiro atoms. The van der Waals surface area contributed by atoms with Crippen molar-refractivity contribution in [3.05, 3.63) is 36.0 Å². The van der Waals surface area contributed by atoms with Gasteiger partial charge in [-0.1, -0.05) is 37.5 Å². The summed E-state index contributed by atoms with van der Waals surface area (Å²) in [6, 6.07) is 8.61. The van der Waals surface area contributed by atoms with E-state index < -0.39 is 0 Å². The molecule has 2 aliphatic rings. The molecular formula is C22H31N3O3. The van der Waals surface area contributed by atoms with E-state index in [9.17, 15) is 4.79 Å². The van der Waals surface area contributed by atoms with Gasteiger partial charge in [0.2, 0.25) is 0 Å². The highest BCUT2D eigenvalue weighted by Gasteiger charge is 2.33. The summed E-state index contributed by atoms with van der Waals surface area (Å²) in [6.45, 7) is 1.79. The Morgan fingerprint density at radius 2 is 2.07 bits per heavy atom. The minimum absolute atomic E-state index is 0.0179. The molecule has 1 aromatic heterocycles. The van der Waals surface area contributed by atoms with E-state index in [4.69, 9.17) is 9.47 Å². The van der Waals surface area contributed by atoms with Crippen LogP contribution in [0.25, 0.3) is 10.9 Å². The van der Waals surface area contributed by atoms with Gasteiger partial charge in [-0.15, -0.1) is 0 Å². The van der Waals surface area contributed by atoms with Crippen LogP contribution in [0.15, 0.2) is 30.5 Å². The molecule has 2 amide bonds. The van der Waals surface area contributed by atoms with Crippen molar-refractivity contribution in [1.82, 2.24) is 15.2 Å². The molecule has 1 saturated heterocycles. The Balaban J connectivity index is 1.46. The van der Waals surface area contributed by atoms with Gasteiger partial charge in [0.1, 0.15) is 6.10 Å². The van der Waals surface area contributed by atoms with Gasteiger partial charge in [-0.25, -0.2) is 4.79 Å². The quantitative estimate of drug-likeness (QED) is 0.800. The van der Waals surface area contributed by atoms with Gasteiger partial charge in [0.05, 0.1) is 19.3 Å². The molecule has 6 heteroatoms. The smallest absolute Gasteiger partial charge is 0.318 e. The zero-order valence-corrected chi connectivity index (χ0v) is 16.7. The summed E-state index contributed by atoms with van der Waals surface area (Å²) in [5, 5.41) is 4.42. The van der Waals surface area contributed by atoms with E-state index in [0.29, 0.717) is 19.3 Å². The summed E-state index contributed by atoms with van der Waals surface area (Å²) in [6.07, 6.45) is 8.73. The van der Waals surface area contributed by atoms with Crippen LogP contribution in [-0.4, -0.2) is 61.0 Å². The zero-order chi connectivity index (χ0) is 19.3. The number of methoxy groups -OCH3 is 1. The number of carbonyl (C=O) groups is 1. The lowest BCUT2D eigenvalue weighted by Crippen LogP contribution is -2.53. The summed E-state index contributed by atoms with van der Waals surface area (Å²) in [7, 11) is 1.68. The molecular weight excluding hydrogens is 354 g/mol.